The third-order valence-corrected chi connectivity index (χ3v) is 0.763. The summed E-state index contributed by atoms with van der Waals surface area (Å²) in [6.07, 6.45) is 1.24. The predicted molar refractivity (Wildman–Crippen MR) is 40.7 cm³/mol. The number of carbonyl (C=O) groups excluding carboxylic acids is 1. The van der Waals surface area contributed by atoms with Crippen molar-refractivity contribution < 1.29 is 9.53 Å². The number of allylic oxidation sites excluding steroid dienone is 1. The predicted octanol–water partition coefficient (Wildman–Crippen LogP) is 2.38. The van der Waals surface area contributed by atoms with Crippen LogP contribution in [0.25, 0.3) is 0 Å². The zero-order chi connectivity index (χ0) is 8.15. The van der Waals surface area contributed by atoms with E-state index >= 15 is 0 Å². The molecule has 0 aliphatic carbocycles. The van der Waals surface area contributed by atoms with E-state index in [0.717, 1.165) is 0 Å². The van der Waals surface area contributed by atoms with Gasteiger partial charge < -0.3 is 4.74 Å². The molecular formula is C6H6Cl2O2. The summed E-state index contributed by atoms with van der Waals surface area (Å²) in [6.45, 7) is 4.61. The van der Waals surface area contributed by atoms with E-state index < -0.39 is 5.97 Å². The molecule has 0 aromatic heterocycles. The van der Waals surface area contributed by atoms with Gasteiger partial charge in [-0.2, -0.15) is 0 Å². The van der Waals surface area contributed by atoms with E-state index in [1.165, 1.54) is 13.0 Å². The molecule has 0 amide bonds. The first-order chi connectivity index (χ1) is 4.52. The van der Waals surface area contributed by atoms with Crippen LogP contribution in [-0.2, 0) is 9.53 Å². The molecule has 0 unspecified atom stereocenters. The molecule has 0 fully saturated rings. The van der Waals surface area contributed by atoms with E-state index in [9.17, 15) is 4.79 Å². The second kappa shape index (κ2) is 4.36. The molecule has 56 valence electrons. The maximum Gasteiger partial charge on any atom is 0.308 e. The maximum absolute atomic E-state index is 10.2. The van der Waals surface area contributed by atoms with Gasteiger partial charge in [-0.1, -0.05) is 29.8 Å². The Hall–Kier alpha value is -0.470. The molecule has 0 spiro atoms. The van der Waals surface area contributed by atoms with Crippen molar-refractivity contribution in [2.24, 2.45) is 0 Å². The molecule has 0 heterocycles. The Bertz CT molecular complexity index is 180. The molecule has 0 aliphatic rings. The first-order valence-electron chi connectivity index (χ1n) is 2.42. The lowest BCUT2D eigenvalue weighted by atomic mass is 10.5. The van der Waals surface area contributed by atoms with Crippen LogP contribution in [0.3, 0.4) is 0 Å². The van der Waals surface area contributed by atoms with E-state index in [-0.39, 0.29) is 10.3 Å². The molecular weight excluding hydrogens is 175 g/mol. The molecule has 4 heteroatoms. The van der Waals surface area contributed by atoms with E-state index in [1.54, 1.807) is 0 Å². The van der Waals surface area contributed by atoms with Crippen molar-refractivity contribution in [2.75, 3.05) is 0 Å². The largest absolute Gasteiger partial charge is 0.427 e. The third kappa shape index (κ3) is 5.66. The number of hydrogen-bond acceptors (Lipinski definition) is 2. The molecule has 0 saturated heterocycles. The molecule has 0 bridgehead atoms. The van der Waals surface area contributed by atoms with E-state index in [2.05, 4.69) is 11.3 Å². The van der Waals surface area contributed by atoms with Crippen LogP contribution in [0.2, 0.25) is 0 Å². The van der Waals surface area contributed by atoms with Gasteiger partial charge in [0.15, 0.2) is 0 Å². The Labute approximate surface area is 69.1 Å². The number of esters is 1. The van der Waals surface area contributed by atoms with Gasteiger partial charge >= 0.3 is 5.97 Å². The second-order valence-corrected chi connectivity index (χ2v) is 2.50. The van der Waals surface area contributed by atoms with Crippen molar-refractivity contribution in [1.29, 1.82) is 0 Å². The Kier molecular flexibility index (Phi) is 4.16. The Morgan fingerprint density at radius 1 is 1.60 bits per heavy atom. The van der Waals surface area contributed by atoms with Crippen LogP contribution in [0.15, 0.2) is 22.9 Å². The summed E-state index contributed by atoms with van der Waals surface area (Å²) >= 11 is 10.5. The normalized spacial score (nSPS) is 8.30. The number of rotatable bonds is 2. The van der Waals surface area contributed by atoms with Gasteiger partial charge in [-0.15, -0.1) is 0 Å². The van der Waals surface area contributed by atoms with Crippen LogP contribution in [0.4, 0.5) is 0 Å². The van der Waals surface area contributed by atoms with Gasteiger partial charge in [0.2, 0.25) is 0 Å². The first-order valence-corrected chi connectivity index (χ1v) is 3.18. The Morgan fingerprint density at radius 2 is 2.10 bits per heavy atom. The van der Waals surface area contributed by atoms with Crippen molar-refractivity contribution >= 4 is 29.2 Å². The third-order valence-electron chi connectivity index (χ3n) is 0.545. The lowest BCUT2D eigenvalue weighted by molar-refractivity contribution is -0.136. The Balaban J connectivity index is 3.88. The molecule has 0 radical (unpaired) electrons. The highest BCUT2D eigenvalue weighted by Gasteiger charge is 1.95. The van der Waals surface area contributed by atoms with E-state index in [1.807, 2.05) is 0 Å². The molecule has 0 saturated carbocycles. The number of ether oxygens (including phenoxy) is 1. The first kappa shape index (κ1) is 9.53. The average Bonchev–Trinajstić information content (AvgIpc) is 1.58. The minimum absolute atomic E-state index is 0.00579. The molecule has 0 N–H and O–H groups in total. The highest BCUT2D eigenvalue weighted by atomic mass is 35.5. The van der Waals surface area contributed by atoms with Crippen LogP contribution in [-0.4, -0.2) is 5.97 Å². The minimum atomic E-state index is -0.448. The van der Waals surface area contributed by atoms with Crippen molar-refractivity contribution in [1.82, 2.24) is 0 Å². The summed E-state index contributed by atoms with van der Waals surface area (Å²) in [6, 6.07) is 0. The van der Waals surface area contributed by atoms with Crippen LogP contribution in [0, 0.1) is 0 Å². The SMILES string of the molecule is C=C(C=C(Cl)Cl)OC(C)=O. The molecule has 0 rings (SSSR count). The molecule has 0 aromatic rings. The van der Waals surface area contributed by atoms with Crippen LogP contribution >= 0.6 is 23.2 Å². The summed E-state index contributed by atoms with van der Waals surface area (Å²) in [4.78, 5) is 10.2. The highest BCUT2D eigenvalue weighted by molar-refractivity contribution is 6.56. The second-order valence-electron chi connectivity index (χ2n) is 1.49. The van der Waals surface area contributed by atoms with Gasteiger partial charge in [0.05, 0.1) is 0 Å². The van der Waals surface area contributed by atoms with Gasteiger partial charge in [0, 0.05) is 13.0 Å². The van der Waals surface area contributed by atoms with Crippen molar-refractivity contribution in [3.8, 4) is 0 Å². The number of halogens is 2. The summed E-state index contributed by atoms with van der Waals surface area (Å²) in [5, 5.41) is 0. The molecule has 0 aromatic carbocycles. The van der Waals surface area contributed by atoms with Crippen molar-refractivity contribution in [2.45, 2.75) is 6.92 Å². The standard InChI is InChI=1S/C6H6Cl2O2/c1-4(3-6(7)8)10-5(2)9/h3H,1H2,2H3. The number of hydrogen-bond donors (Lipinski definition) is 0. The van der Waals surface area contributed by atoms with E-state index in [4.69, 9.17) is 23.2 Å². The van der Waals surface area contributed by atoms with Gasteiger partial charge in [-0.25, -0.2) is 0 Å². The van der Waals surface area contributed by atoms with E-state index in [0.29, 0.717) is 0 Å². The van der Waals surface area contributed by atoms with Gasteiger partial charge in [-0.3, -0.25) is 4.79 Å². The van der Waals surface area contributed by atoms with Gasteiger partial charge in [0.25, 0.3) is 0 Å². The average molecular weight is 181 g/mol. The Morgan fingerprint density at radius 3 is 2.40 bits per heavy atom. The minimum Gasteiger partial charge on any atom is -0.427 e. The summed E-state index contributed by atoms with van der Waals surface area (Å²) in [5.41, 5.74) is 0. The topological polar surface area (TPSA) is 26.3 Å². The summed E-state index contributed by atoms with van der Waals surface area (Å²) < 4.78 is 4.49. The number of carbonyl (C=O) groups is 1. The zero-order valence-electron chi connectivity index (χ0n) is 5.36. The quantitative estimate of drug-likeness (QED) is 0.371. The van der Waals surface area contributed by atoms with Crippen LogP contribution < -0.4 is 0 Å². The van der Waals surface area contributed by atoms with Crippen molar-refractivity contribution in [3.63, 3.8) is 0 Å². The molecule has 10 heavy (non-hydrogen) atoms. The highest BCUT2D eigenvalue weighted by Crippen LogP contribution is 2.10. The zero-order valence-corrected chi connectivity index (χ0v) is 6.87. The van der Waals surface area contributed by atoms with Gasteiger partial charge in [0.1, 0.15) is 10.3 Å². The van der Waals surface area contributed by atoms with Crippen LogP contribution in [0.1, 0.15) is 6.92 Å². The van der Waals surface area contributed by atoms with Crippen LogP contribution in [0.5, 0.6) is 0 Å². The summed E-state index contributed by atoms with van der Waals surface area (Å²) in [5.74, 6) is -0.316. The van der Waals surface area contributed by atoms with Gasteiger partial charge in [-0.05, 0) is 0 Å². The lowest BCUT2D eigenvalue weighted by Crippen LogP contribution is -1.94. The molecule has 0 atom stereocenters. The fourth-order valence-corrected chi connectivity index (χ4v) is 0.579. The molecule has 0 aliphatic heterocycles. The lowest BCUT2D eigenvalue weighted by Gasteiger charge is -1.96. The summed E-state index contributed by atoms with van der Waals surface area (Å²) in [7, 11) is 0. The fraction of sp³-hybridized carbons (Fsp3) is 0.167. The maximum atomic E-state index is 10.2. The fourth-order valence-electron chi connectivity index (χ4n) is 0.336. The molecule has 2 nitrogen and oxygen atoms in total. The van der Waals surface area contributed by atoms with Crippen molar-refractivity contribution in [3.05, 3.63) is 22.9 Å². The smallest absolute Gasteiger partial charge is 0.308 e. The monoisotopic (exact) mass is 180 g/mol.